The summed E-state index contributed by atoms with van der Waals surface area (Å²) in [4.78, 5) is 42.2. The largest absolute Gasteiger partial charge is 0.444 e. The number of Topliss-reactive ketones (excluding diaryl/α,β-unsaturated/α-hetero) is 2. The molecule has 7 nitrogen and oxygen atoms in total. The van der Waals surface area contributed by atoms with E-state index in [0.29, 0.717) is 36.0 Å². The Morgan fingerprint density at radius 2 is 1.70 bits per heavy atom. The van der Waals surface area contributed by atoms with Gasteiger partial charge in [0.2, 0.25) is 0 Å². The second-order valence-electron chi connectivity index (χ2n) is 11.1. The van der Waals surface area contributed by atoms with E-state index in [2.05, 4.69) is 0 Å². The number of fused-ring (bicyclic) bond motifs is 5. The molecule has 0 saturated carbocycles. The molecule has 2 aromatic carbocycles. The van der Waals surface area contributed by atoms with Gasteiger partial charge in [-0.15, -0.1) is 0 Å². The van der Waals surface area contributed by atoms with Gasteiger partial charge in [-0.3, -0.25) is 14.5 Å². The van der Waals surface area contributed by atoms with Crippen LogP contribution in [0.15, 0.2) is 65.1 Å². The van der Waals surface area contributed by atoms with Crippen molar-refractivity contribution in [3.63, 3.8) is 0 Å². The van der Waals surface area contributed by atoms with Gasteiger partial charge in [0.05, 0.1) is 10.9 Å². The number of allylic oxidation sites excluding steroid dienone is 2. The normalized spacial score (nSPS) is 25.2. The maximum Gasteiger partial charge on any atom is 0.411 e. The number of ether oxygens (including phenoxy) is 1. The molecule has 1 fully saturated rings. The predicted molar refractivity (Wildman–Crippen MR) is 138 cm³/mol. The Morgan fingerprint density at radius 3 is 2.32 bits per heavy atom. The number of rotatable bonds is 4. The molecule has 5 rings (SSSR count). The number of benzene rings is 2. The number of carbonyl (C=O) groups excluding carboxylic acids is 3. The Bertz CT molecular complexity index is 1430. The van der Waals surface area contributed by atoms with Crippen LogP contribution in [0.4, 0.5) is 4.79 Å². The maximum atomic E-state index is 14.6. The molecule has 2 bridgehead atoms. The quantitative estimate of drug-likeness (QED) is 0.549. The van der Waals surface area contributed by atoms with Gasteiger partial charge in [-0.1, -0.05) is 48.0 Å². The maximum absolute atomic E-state index is 14.6. The van der Waals surface area contributed by atoms with Gasteiger partial charge in [0, 0.05) is 12.8 Å². The number of aryl methyl sites for hydroxylation is 1. The third-order valence-corrected chi connectivity index (χ3v) is 9.89. The van der Waals surface area contributed by atoms with Gasteiger partial charge in [-0.25, -0.2) is 13.2 Å². The number of ketones is 2. The minimum absolute atomic E-state index is 0.00974. The molecule has 2 aliphatic heterocycles. The zero-order valence-corrected chi connectivity index (χ0v) is 22.3. The number of hydrogen-bond acceptors (Lipinski definition) is 6. The van der Waals surface area contributed by atoms with E-state index >= 15 is 0 Å². The van der Waals surface area contributed by atoms with Crippen molar-refractivity contribution in [1.82, 2.24) is 4.90 Å². The second-order valence-corrected chi connectivity index (χ2v) is 13.3. The molecule has 8 heteroatoms. The molecule has 1 amide bonds. The third kappa shape index (κ3) is 3.84. The Balaban J connectivity index is 1.76. The number of carbonyl (C=O) groups is 3. The van der Waals surface area contributed by atoms with Crippen LogP contribution in [0, 0.1) is 6.92 Å². The third-order valence-electron chi connectivity index (χ3n) is 7.47. The summed E-state index contributed by atoms with van der Waals surface area (Å²) in [6.45, 7) is 7.01. The predicted octanol–water partition coefficient (Wildman–Crippen LogP) is 5.19. The average molecular weight is 522 g/mol. The number of nitrogens with zero attached hydrogens (tertiary/aromatic N) is 1. The van der Waals surface area contributed by atoms with Crippen molar-refractivity contribution in [3.8, 4) is 0 Å². The van der Waals surface area contributed by atoms with Gasteiger partial charge in [0.25, 0.3) is 0 Å². The van der Waals surface area contributed by atoms with Crippen LogP contribution in [0.5, 0.6) is 0 Å². The van der Waals surface area contributed by atoms with Crippen LogP contribution >= 0.6 is 0 Å². The van der Waals surface area contributed by atoms with E-state index in [4.69, 9.17) is 4.74 Å². The molecule has 0 N–H and O–H groups in total. The van der Waals surface area contributed by atoms with Crippen molar-refractivity contribution >= 4 is 27.5 Å². The Kier molecular flexibility index (Phi) is 5.94. The van der Waals surface area contributed by atoms with Gasteiger partial charge in [-0.2, -0.15) is 0 Å². The van der Waals surface area contributed by atoms with Crippen LogP contribution in [0.1, 0.15) is 75.2 Å². The lowest BCUT2D eigenvalue weighted by Crippen LogP contribution is -2.51. The molecular formula is C29H31NO6S. The molecule has 3 aliphatic rings. The summed E-state index contributed by atoms with van der Waals surface area (Å²) in [7, 11) is -4.36. The summed E-state index contributed by atoms with van der Waals surface area (Å²) in [6.07, 6.45) is 2.35. The van der Waals surface area contributed by atoms with Crippen LogP contribution in [-0.4, -0.2) is 41.3 Å². The molecule has 37 heavy (non-hydrogen) atoms. The fourth-order valence-electron chi connectivity index (χ4n) is 5.85. The Morgan fingerprint density at radius 1 is 1.05 bits per heavy atom. The summed E-state index contributed by atoms with van der Waals surface area (Å²) < 4.78 is 32.8. The first-order valence-electron chi connectivity index (χ1n) is 12.6. The number of amides is 1. The SMILES string of the molecule is Cc1ccc(S(=O)(=O)[C@]2(CC3=CCCCC3=O)C(=O)[C@@H]3c4ccccc4[C@H]2N3C(=O)OC(C)(C)C)cc1. The van der Waals surface area contributed by atoms with Gasteiger partial charge < -0.3 is 4.74 Å². The van der Waals surface area contributed by atoms with Crippen molar-refractivity contribution in [3.05, 3.63) is 76.9 Å². The standard InChI is InChI=1S/C29H31NO6S/c1-18-13-15-20(16-14-18)37(34,35)29(17-19-9-5-8-12-23(19)31)25-22-11-7-6-10-21(22)24(26(29)32)30(25)27(33)36-28(2,3)4/h6-7,9-11,13-16,24-25H,5,8,12,17H2,1-4H3/t24-,25+,29-/m0/s1. The summed E-state index contributed by atoms with van der Waals surface area (Å²) >= 11 is 0. The van der Waals surface area contributed by atoms with E-state index in [1.54, 1.807) is 63.2 Å². The lowest BCUT2D eigenvalue weighted by atomic mass is 9.77. The summed E-state index contributed by atoms with van der Waals surface area (Å²) in [5.74, 6) is -0.751. The van der Waals surface area contributed by atoms with Gasteiger partial charge >= 0.3 is 6.09 Å². The highest BCUT2D eigenvalue weighted by Gasteiger charge is 2.72. The first kappa shape index (κ1) is 25.4. The Hall–Kier alpha value is -3.26. The van der Waals surface area contributed by atoms with Crippen molar-refractivity contribution in [2.75, 3.05) is 0 Å². The Labute approximate surface area is 217 Å². The highest BCUT2D eigenvalue weighted by atomic mass is 32.2. The van der Waals surface area contributed by atoms with Crippen LogP contribution < -0.4 is 0 Å². The average Bonchev–Trinajstić information content (AvgIpc) is 3.30. The topological polar surface area (TPSA) is 97.8 Å². The van der Waals surface area contributed by atoms with Crippen molar-refractivity contribution in [2.24, 2.45) is 0 Å². The van der Waals surface area contributed by atoms with Crippen LogP contribution in [0.3, 0.4) is 0 Å². The van der Waals surface area contributed by atoms with E-state index in [9.17, 15) is 22.8 Å². The summed E-state index contributed by atoms with van der Waals surface area (Å²) in [5, 5.41) is 0. The van der Waals surface area contributed by atoms with E-state index in [1.807, 2.05) is 6.92 Å². The van der Waals surface area contributed by atoms with E-state index in [0.717, 1.165) is 5.56 Å². The molecule has 2 aromatic rings. The fraction of sp³-hybridized carbons (Fsp3) is 0.414. The highest BCUT2D eigenvalue weighted by molar-refractivity contribution is 7.93. The molecule has 1 saturated heterocycles. The van der Waals surface area contributed by atoms with Gasteiger partial charge in [0.1, 0.15) is 11.6 Å². The number of hydrogen-bond donors (Lipinski definition) is 0. The van der Waals surface area contributed by atoms with E-state index < -0.39 is 44.1 Å². The van der Waals surface area contributed by atoms with E-state index in [-0.39, 0.29) is 17.1 Å². The lowest BCUT2D eigenvalue weighted by molar-refractivity contribution is -0.122. The minimum atomic E-state index is -4.36. The molecule has 1 aliphatic carbocycles. The smallest absolute Gasteiger partial charge is 0.411 e. The van der Waals surface area contributed by atoms with Crippen LogP contribution in [0.2, 0.25) is 0 Å². The van der Waals surface area contributed by atoms with Gasteiger partial charge in [-0.05, 0) is 69.4 Å². The minimum Gasteiger partial charge on any atom is -0.444 e. The summed E-state index contributed by atoms with van der Waals surface area (Å²) in [6, 6.07) is 11.2. The number of sulfone groups is 1. The van der Waals surface area contributed by atoms with Crippen molar-refractivity contribution in [2.45, 2.75) is 80.7 Å². The molecule has 0 radical (unpaired) electrons. The van der Waals surface area contributed by atoms with Crippen LogP contribution in [-0.2, 0) is 24.2 Å². The molecule has 3 atom stereocenters. The zero-order chi connectivity index (χ0) is 26.8. The summed E-state index contributed by atoms with van der Waals surface area (Å²) in [5.41, 5.74) is 1.55. The molecule has 0 aromatic heterocycles. The first-order valence-corrected chi connectivity index (χ1v) is 14.0. The molecule has 2 heterocycles. The second kappa shape index (κ2) is 8.65. The molecule has 194 valence electrons. The lowest BCUT2D eigenvalue weighted by Gasteiger charge is -2.37. The van der Waals surface area contributed by atoms with Crippen molar-refractivity contribution < 1.29 is 27.5 Å². The van der Waals surface area contributed by atoms with E-state index in [1.165, 1.54) is 17.0 Å². The fourth-order valence-corrected chi connectivity index (χ4v) is 8.02. The van der Waals surface area contributed by atoms with Crippen LogP contribution in [0.25, 0.3) is 0 Å². The highest BCUT2D eigenvalue weighted by Crippen LogP contribution is 2.62. The van der Waals surface area contributed by atoms with Crippen molar-refractivity contribution in [1.29, 1.82) is 0 Å². The molecule has 0 spiro atoms. The zero-order valence-electron chi connectivity index (χ0n) is 21.5. The monoisotopic (exact) mass is 521 g/mol. The first-order chi connectivity index (χ1) is 17.4. The molecular weight excluding hydrogens is 490 g/mol. The molecule has 0 unspecified atom stereocenters. The van der Waals surface area contributed by atoms with Gasteiger partial charge in [0.15, 0.2) is 26.2 Å².